The Balaban J connectivity index is 1.47. The van der Waals surface area contributed by atoms with E-state index < -0.39 is 0 Å². The molecule has 0 aromatic heterocycles. The lowest BCUT2D eigenvalue weighted by Crippen LogP contribution is -2.50. The fourth-order valence-electron chi connectivity index (χ4n) is 4.31. The summed E-state index contributed by atoms with van der Waals surface area (Å²) >= 11 is 2.10. The third-order valence-electron chi connectivity index (χ3n) is 5.85. The molecule has 3 rings (SSSR count). The van der Waals surface area contributed by atoms with Gasteiger partial charge in [0.25, 0.3) is 0 Å². The highest BCUT2D eigenvalue weighted by molar-refractivity contribution is 7.99. The van der Waals surface area contributed by atoms with Crippen LogP contribution in [-0.4, -0.2) is 36.3 Å². The van der Waals surface area contributed by atoms with Crippen LogP contribution in [0.25, 0.3) is 0 Å². The normalized spacial score (nSPS) is 38.0. The van der Waals surface area contributed by atoms with Gasteiger partial charge in [-0.15, -0.1) is 0 Å². The lowest BCUT2D eigenvalue weighted by molar-refractivity contribution is -0.0936. The van der Waals surface area contributed by atoms with Crippen molar-refractivity contribution in [1.29, 1.82) is 0 Å². The SMILES string of the molecule is CC1CCCCC1CNC1CCOC2(CCSCC2)C1. The van der Waals surface area contributed by atoms with Crippen molar-refractivity contribution in [2.45, 2.75) is 69.9 Å². The summed E-state index contributed by atoms with van der Waals surface area (Å²) in [5.41, 5.74) is 0.235. The molecule has 20 heavy (non-hydrogen) atoms. The summed E-state index contributed by atoms with van der Waals surface area (Å²) in [6.45, 7) is 4.68. The van der Waals surface area contributed by atoms with Crippen molar-refractivity contribution in [3.05, 3.63) is 0 Å². The lowest BCUT2D eigenvalue weighted by Gasteiger charge is -2.44. The van der Waals surface area contributed by atoms with E-state index in [-0.39, 0.29) is 5.60 Å². The van der Waals surface area contributed by atoms with Gasteiger partial charge in [-0.3, -0.25) is 0 Å². The van der Waals surface area contributed by atoms with E-state index in [0.29, 0.717) is 6.04 Å². The molecule has 2 nitrogen and oxygen atoms in total. The van der Waals surface area contributed by atoms with Crippen molar-refractivity contribution >= 4 is 11.8 Å². The zero-order valence-electron chi connectivity index (χ0n) is 13.0. The van der Waals surface area contributed by atoms with Crippen LogP contribution in [-0.2, 0) is 4.74 Å². The van der Waals surface area contributed by atoms with E-state index in [0.717, 1.165) is 18.4 Å². The molecular formula is C17H31NOS. The average molecular weight is 298 g/mol. The molecule has 3 aliphatic rings. The van der Waals surface area contributed by atoms with Crippen molar-refractivity contribution in [3.8, 4) is 0 Å². The van der Waals surface area contributed by atoms with Gasteiger partial charge in [-0.25, -0.2) is 0 Å². The molecule has 2 aliphatic heterocycles. The molecule has 1 spiro atoms. The van der Waals surface area contributed by atoms with Gasteiger partial charge in [0.2, 0.25) is 0 Å². The molecule has 2 heterocycles. The molecule has 0 aromatic rings. The quantitative estimate of drug-likeness (QED) is 0.855. The number of hydrogen-bond donors (Lipinski definition) is 1. The van der Waals surface area contributed by atoms with Gasteiger partial charge in [-0.1, -0.05) is 26.2 Å². The lowest BCUT2D eigenvalue weighted by atomic mass is 9.80. The largest absolute Gasteiger partial charge is 0.375 e. The Morgan fingerprint density at radius 3 is 2.75 bits per heavy atom. The molecule has 0 amide bonds. The molecule has 3 heteroatoms. The predicted octanol–water partition coefficient (Wildman–Crippen LogP) is 3.85. The molecule has 0 aromatic carbocycles. The van der Waals surface area contributed by atoms with Crippen LogP contribution < -0.4 is 5.32 Å². The van der Waals surface area contributed by atoms with E-state index in [1.807, 2.05) is 0 Å². The monoisotopic (exact) mass is 297 g/mol. The van der Waals surface area contributed by atoms with Crippen molar-refractivity contribution in [2.24, 2.45) is 11.8 Å². The van der Waals surface area contributed by atoms with Gasteiger partial charge in [-0.05, 0) is 62.0 Å². The van der Waals surface area contributed by atoms with E-state index in [1.165, 1.54) is 69.4 Å². The maximum atomic E-state index is 6.20. The summed E-state index contributed by atoms with van der Waals surface area (Å²) in [4.78, 5) is 0. The van der Waals surface area contributed by atoms with Crippen LogP contribution >= 0.6 is 11.8 Å². The van der Waals surface area contributed by atoms with E-state index in [1.54, 1.807) is 0 Å². The molecule has 2 saturated heterocycles. The van der Waals surface area contributed by atoms with Crippen LogP contribution in [0.5, 0.6) is 0 Å². The highest BCUT2D eigenvalue weighted by Gasteiger charge is 2.38. The fourth-order valence-corrected chi connectivity index (χ4v) is 5.54. The van der Waals surface area contributed by atoms with E-state index >= 15 is 0 Å². The first-order valence-corrected chi connectivity index (χ1v) is 9.88. The van der Waals surface area contributed by atoms with E-state index in [4.69, 9.17) is 4.74 Å². The summed E-state index contributed by atoms with van der Waals surface area (Å²) in [5, 5.41) is 3.91. The average Bonchev–Trinajstić information content (AvgIpc) is 2.47. The van der Waals surface area contributed by atoms with Crippen LogP contribution in [0.15, 0.2) is 0 Å². The Hall–Kier alpha value is 0.270. The number of hydrogen-bond acceptors (Lipinski definition) is 3. The molecule has 116 valence electrons. The van der Waals surface area contributed by atoms with Crippen LogP contribution in [0.4, 0.5) is 0 Å². The first-order chi connectivity index (χ1) is 9.77. The standard InChI is InChI=1S/C17H31NOS/c1-14-4-2-3-5-15(14)13-18-16-6-9-19-17(12-16)7-10-20-11-8-17/h14-16,18H,2-13H2,1H3. The molecule has 3 unspecified atom stereocenters. The Bertz CT molecular complexity index is 298. The molecule has 0 radical (unpaired) electrons. The van der Waals surface area contributed by atoms with Gasteiger partial charge in [-0.2, -0.15) is 11.8 Å². The minimum Gasteiger partial charge on any atom is -0.375 e. The summed E-state index contributed by atoms with van der Waals surface area (Å²) in [5.74, 6) is 4.44. The van der Waals surface area contributed by atoms with Crippen molar-refractivity contribution in [3.63, 3.8) is 0 Å². The van der Waals surface area contributed by atoms with Crippen LogP contribution in [0.1, 0.15) is 58.3 Å². The van der Waals surface area contributed by atoms with Crippen LogP contribution in [0.2, 0.25) is 0 Å². The highest BCUT2D eigenvalue weighted by atomic mass is 32.2. The Morgan fingerprint density at radius 1 is 1.15 bits per heavy atom. The second-order valence-electron chi connectivity index (χ2n) is 7.26. The summed E-state index contributed by atoms with van der Waals surface area (Å²) in [7, 11) is 0. The van der Waals surface area contributed by atoms with Gasteiger partial charge >= 0.3 is 0 Å². The second kappa shape index (κ2) is 7.02. The number of ether oxygens (including phenoxy) is 1. The number of nitrogens with one attached hydrogen (secondary N) is 1. The first kappa shape index (κ1) is 15.2. The van der Waals surface area contributed by atoms with Gasteiger partial charge in [0, 0.05) is 12.6 Å². The van der Waals surface area contributed by atoms with Gasteiger partial charge < -0.3 is 10.1 Å². The van der Waals surface area contributed by atoms with E-state index in [9.17, 15) is 0 Å². The fraction of sp³-hybridized carbons (Fsp3) is 1.00. The predicted molar refractivity (Wildman–Crippen MR) is 87.4 cm³/mol. The maximum Gasteiger partial charge on any atom is 0.0713 e. The second-order valence-corrected chi connectivity index (χ2v) is 8.49. The molecule has 3 atom stereocenters. The van der Waals surface area contributed by atoms with Crippen molar-refractivity contribution in [1.82, 2.24) is 5.32 Å². The minimum atomic E-state index is 0.235. The smallest absolute Gasteiger partial charge is 0.0713 e. The topological polar surface area (TPSA) is 21.3 Å². The minimum absolute atomic E-state index is 0.235. The highest BCUT2D eigenvalue weighted by Crippen LogP contribution is 2.37. The van der Waals surface area contributed by atoms with Crippen molar-refractivity contribution < 1.29 is 4.74 Å². The zero-order chi connectivity index (χ0) is 13.8. The van der Waals surface area contributed by atoms with E-state index in [2.05, 4.69) is 24.0 Å². The Morgan fingerprint density at radius 2 is 1.95 bits per heavy atom. The summed E-state index contributed by atoms with van der Waals surface area (Å²) < 4.78 is 6.20. The Kier molecular flexibility index (Phi) is 5.33. The first-order valence-electron chi connectivity index (χ1n) is 8.72. The molecule has 3 fully saturated rings. The third kappa shape index (κ3) is 3.72. The third-order valence-corrected chi connectivity index (χ3v) is 6.84. The van der Waals surface area contributed by atoms with Gasteiger partial charge in [0.15, 0.2) is 0 Å². The molecular weight excluding hydrogens is 266 g/mol. The number of rotatable bonds is 3. The zero-order valence-corrected chi connectivity index (χ0v) is 13.9. The van der Waals surface area contributed by atoms with Gasteiger partial charge in [0.05, 0.1) is 5.60 Å². The summed E-state index contributed by atoms with van der Waals surface area (Å²) in [6.07, 6.45) is 10.8. The molecule has 0 bridgehead atoms. The van der Waals surface area contributed by atoms with Crippen LogP contribution in [0, 0.1) is 11.8 Å². The summed E-state index contributed by atoms with van der Waals surface area (Å²) in [6, 6.07) is 0.709. The molecule has 1 saturated carbocycles. The molecule has 1 aliphatic carbocycles. The number of thioether (sulfide) groups is 1. The van der Waals surface area contributed by atoms with Crippen LogP contribution in [0.3, 0.4) is 0 Å². The Labute approximate surface area is 128 Å². The molecule has 1 N–H and O–H groups in total. The van der Waals surface area contributed by atoms with Gasteiger partial charge in [0.1, 0.15) is 0 Å². The maximum absolute atomic E-state index is 6.20. The van der Waals surface area contributed by atoms with Crippen molar-refractivity contribution in [2.75, 3.05) is 24.7 Å².